The number of furan rings is 1. The van der Waals surface area contributed by atoms with E-state index in [0.29, 0.717) is 16.0 Å². The molecule has 24 heavy (non-hydrogen) atoms. The van der Waals surface area contributed by atoms with Crippen LogP contribution in [0.1, 0.15) is 16.4 Å². The molecule has 0 aliphatic rings. The summed E-state index contributed by atoms with van der Waals surface area (Å²) in [6, 6.07) is 14.9. The number of ketones is 1. The average molecular weight is 336 g/mol. The van der Waals surface area contributed by atoms with Crippen molar-refractivity contribution in [2.45, 2.75) is 6.42 Å². The number of carbonyl (C=O) groups is 1. The molecule has 118 valence electrons. The largest absolute Gasteiger partial charge is 0.461 e. The standard InChI is InChI=1S/C18H12N2O3S/c21-13(14-7-4-8-23-14)10-16-19-17(22)12-9-15(24-18(12)20-16)11-5-2-1-3-6-11/h1-9H,10H2,(H,19,20,22). The van der Waals surface area contributed by atoms with Gasteiger partial charge in [-0.3, -0.25) is 9.59 Å². The number of hydrogen-bond acceptors (Lipinski definition) is 5. The van der Waals surface area contributed by atoms with Gasteiger partial charge in [0, 0.05) is 4.88 Å². The van der Waals surface area contributed by atoms with Gasteiger partial charge in [-0.25, -0.2) is 4.98 Å². The minimum absolute atomic E-state index is 0.00271. The maximum Gasteiger partial charge on any atom is 0.259 e. The Kier molecular flexibility index (Phi) is 3.59. The maximum atomic E-state index is 12.3. The number of thiophene rings is 1. The first-order valence-electron chi connectivity index (χ1n) is 7.35. The zero-order valence-electron chi connectivity index (χ0n) is 12.5. The summed E-state index contributed by atoms with van der Waals surface area (Å²) in [4.78, 5) is 33.1. The van der Waals surface area contributed by atoms with Crippen LogP contribution in [0, 0.1) is 0 Å². The molecule has 0 spiro atoms. The van der Waals surface area contributed by atoms with Crippen molar-refractivity contribution in [1.29, 1.82) is 0 Å². The van der Waals surface area contributed by atoms with Gasteiger partial charge in [0.1, 0.15) is 10.7 Å². The third kappa shape index (κ3) is 2.68. The Morgan fingerprint density at radius 1 is 1.17 bits per heavy atom. The summed E-state index contributed by atoms with van der Waals surface area (Å²) in [7, 11) is 0. The minimum Gasteiger partial charge on any atom is -0.461 e. The van der Waals surface area contributed by atoms with Gasteiger partial charge in [-0.15, -0.1) is 11.3 Å². The maximum absolute atomic E-state index is 12.3. The van der Waals surface area contributed by atoms with Gasteiger partial charge in [-0.2, -0.15) is 0 Å². The Hall–Kier alpha value is -2.99. The van der Waals surface area contributed by atoms with Crippen LogP contribution in [0.2, 0.25) is 0 Å². The Bertz CT molecular complexity index is 1060. The minimum atomic E-state index is -0.235. The molecule has 0 bridgehead atoms. The van der Waals surface area contributed by atoms with Gasteiger partial charge in [-0.05, 0) is 23.8 Å². The molecule has 0 unspecified atom stereocenters. The fraction of sp³-hybridized carbons (Fsp3) is 0.0556. The summed E-state index contributed by atoms with van der Waals surface area (Å²) in [5, 5.41) is 0.535. The molecule has 0 aliphatic carbocycles. The second-order valence-electron chi connectivity index (χ2n) is 5.29. The quantitative estimate of drug-likeness (QED) is 0.577. The van der Waals surface area contributed by atoms with Gasteiger partial charge in [-0.1, -0.05) is 30.3 Å². The number of benzene rings is 1. The molecule has 6 heteroatoms. The van der Waals surface area contributed by atoms with E-state index < -0.39 is 0 Å². The van der Waals surface area contributed by atoms with Crippen molar-refractivity contribution in [1.82, 2.24) is 9.97 Å². The highest BCUT2D eigenvalue weighted by Crippen LogP contribution is 2.30. The molecule has 0 aliphatic heterocycles. The third-order valence-electron chi connectivity index (χ3n) is 3.63. The monoisotopic (exact) mass is 336 g/mol. The molecule has 4 rings (SSSR count). The molecule has 0 saturated heterocycles. The first-order chi connectivity index (χ1) is 11.7. The molecule has 0 saturated carbocycles. The summed E-state index contributed by atoms with van der Waals surface area (Å²) in [6.45, 7) is 0. The molecular formula is C18H12N2O3S. The molecule has 0 amide bonds. The molecule has 1 N–H and O–H groups in total. The predicted octanol–water partition coefficient (Wildman–Crippen LogP) is 3.67. The van der Waals surface area contributed by atoms with E-state index >= 15 is 0 Å². The van der Waals surface area contributed by atoms with Crippen molar-refractivity contribution in [2.75, 3.05) is 0 Å². The van der Waals surface area contributed by atoms with Gasteiger partial charge in [0.25, 0.3) is 5.56 Å². The third-order valence-corrected chi connectivity index (χ3v) is 4.71. The van der Waals surface area contributed by atoms with Crippen LogP contribution in [0.15, 0.2) is 64.0 Å². The molecule has 5 nitrogen and oxygen atoms in total. The summed E-state index contributed by atoms with van der Waals surface area (Å²) < 4.78 is 5.08. The molecule has 0 fully saturated rings. The molecule has 3 aromatic heterocycles. The lowest BCUT2D eigenvalue weighted by atomic mass is 10.2. The Morgan fingerprint density at radius 2 is 2.00 bits per heavy atom. The number of rotatable bonds is 4. The first-order valence-corrected chi connectivity index (χ1v) is 8.17. The van der Waals surface area contributed by atoms with E-state index in [1.54, 1.807) is 12.1 Å². The zero-order chi connectivity index (χ0) is 16.5. The van der Waals surface area contributed by atoms with Crippen molar-refractivity contribution in [3.63, 3.8) is 0 Å². The topological polar surface area (TPSA) is 76.0 Å². The Labute approximate surface area is 140 Å². The van der Waals surface area contributed by atoms with Crippen LogP contribution in [-0.2, 0) is 6.42 Å². The van der Waals surface area contributed by atoms with Crippen LogP contribution in [0.25, 0.3) is 20.7 Å². The number of aromatic nitrogens is 2. The van der Waals surface area contributed by atoms with E-state index in [-0.39, 0.29) is 23.5 Å². The number of nitrogens with zero attached hydrogens (tertiary/aromatic N) is 1. The van der Waals surface area contributed by atoms with Gasteiger partial charge >= 0.3 is 0 Å². The zero-order valence-corrected chi connectivity index (χ0v) is 13.3. The predicted molar refractivity (Wildman–Crippen MR) is 92.4 cm³/mol. The summed E-state index contributed by atoms with van der Waals surface area (Å²) in [6.07, 6.45) is 1.44. The van der Waals surface area contributed by atoms with Crippen molar-refractivity contribution in [3.8, 4) is 10.4 Å². The van der Waals surface area contributed by atoms with Gasteiger partial charge in [0.05, 0.1) is 18.1 Å². The fourth-order valence-electron chi connectivity index (χ4n) is 2.48. The lowest BCUT2D eigenvalue weighted by Crippen LogP contribution is -2.14. The highest BCUT2D eigenvalue weighted by Gasteiger charge is 2.14. The van der Waals surface area contributed by atoms with E-state index in [1.807, 2.05) is 36.4 Å². The number of H-pyrrole nitrogens is 1. The fourth-order valence-corrected chi connectivity index (χ4v) is 3.54. The van der Waals surface area contributed by atoms with Gasteiger partial charge in [0.2, 0.25) is 5.78 Å². The molecule has 1 aromatic carbocycles. The summed E-state index contributed by atoms with van der Waals surface area (Å²) in [5.74, 6) is 0.381. The normalized spacial score (nSPS) is 11.0. The van der Waals surface area contributed by atoms with Crippen LogP contribution in [0.3, 0.4) is 0 Å². The molecule has 3 heterocycles. The van der Waals surface area contributed by atoms with E-state index in [2.05, 4.69) is 9.97 Å². The lowest BCUT2D eigenvalue weighted by Gasteiger charge is -1.98. The Balaban J connectivity index is 1.72. The average Bonchev–Trinajstić information content (AvgIpc) is 3.25. The second-order valence-corrected chi connectivity index (χ2v) is 6.32. The smallest absolute Gasteiger partial charge is 0.259 e. The van der Waals surface area contributed by atoms with Gasteiger partial charge in [0.15, 0.2) is 5.76 Å². The van der Waals surface area contributed by atoms with Crippen LogP contribution in [0.5, 0.6) is 0 Å². The van der Waals surface area contributed by atoms with E-state index in [9.17, 15) is 9.59 Å². The Morgan fingerprint density at radius 3 is 2.75 bits per heavy atom. The van der Waals surface area contributed by atoms with Crippen molar-refractivity contribution >= 4 is 27.3 Å². The van der Waals surface area contributed by atoms with Crippen LogP contribution in [-0.4, -0.2) is 15.8 Å². The van der Waals surface area contributed by atoms with E-state index in [0.717, 1.165) is 10.4 Å². The SMILES string of the molecule is O=C(Cc1nc2sc(-c3ccccc3)cc2c(=O)[nH]1)c1ccco1. The number of hydrogen-bond donors (Lipinski definition) is 1. The van der Waals surface area contributed by atoms with Crippen LogP contribution in [0.4, 0.5) is 0 Å². The second kappa shape index (κ2) is 5.90. The number of Topliss-reactive ketones (excluding diaryl/α,β-unsaturated/α-hetero) is 1. The molecular weight excluding hydrogens is 324 g/mol. The highest BCUT2D eigenvalue weighted by atomic mass is 32.1. The first kappa shape index (κ1) is 14.6. The lowest BCUT2D eigenvalue weighted by molar-refractivity contribution is 0.0964. The molecule has 0 atom stereocenters. The van der Waals surface area contributed by atoms with Crippen molar-refractivity contribution < 1.29 is 9.21 Å². The number of aromatic amines is 1. The number of carbonyl (C=O) groups excluding carboxylic acids is 1. The molecule has 0 radical (unpaired) electrons. The van der Waals surface area contributed by atoms with Crippen LogP contribution < -0.4 is 5.56 Å². The highest BCUT2D eigenvalue weighted by molar-refractivity contribution is 7.21. The van der Waals surface area contributed by atoms with Crippen LogP contribution >= 0.6 is 11.3 Å². The van der Waals surface area contributed by atoms with E-state index in [1.165, 1.54) is 17.6 Å². The number of nitrogens with one attached hydrogen (secondary N) is 1. The van der Waals surface area contributed by atoms with E-state index in [4.69, 9.17) is 4.42 Å². The summed E-state index contributed by atoms with van der Waals surface area (Å²) >= 11 is 1.44. The van der Waals surface area contributed by atoms with Crippen molar-refractivity contribution in [3.05, 3.63) is 76.7 Å². The summed E-state index contributed by atoms with van der Waals surface area (Å²) in [5.41, 5.74) is 0.800. The number of fused-ring (bicyclic) bond motifs is 1. The van der Waals surface area contributed by atoms with Gasteiger partial charge < -0.3 is 9.40 Å². The van der Waals surface area contributed by atoms with Crippen molar-refractivity contribution in [2.24, 2.45) is 0 Å². The molecule has 4 aromatic rings.